The molecule has 2 rings (SSSR count). The van der Waals surface area contributed by atoms with Crippen LogP contribution in [0.5, 0.6) is 0 Å². The zero-order chi connectivity index (χ0) is 10.8. The van der Waals surface area contributed by atoms with Crippen molar-refractivity contribution in [3.05, 3.63) is 22.3 Å². The number of rotatable bonds is 2. The summed E-state index contributed by atoms with van der Waals surface area (Å²) < 4.78 is 1.02. The van der Waals surface area contributed by atoms with Gasteiger partial charge in [-0.05, 0) is 53.7 Å². The van der Waals surface area contributed by atoms with E-state index < -0.39 is 0 Å². The molecule has 2 atom stereocenters. The minimum absolute atomic E-state index is 0.273. The van der Waals surface area contributed by atoms with E-state index in [1.807, 2.05) is 6.20 Å². The number of aromatic nitrogens is 1. The second kappa shape index (κ2) is 4.49. The van der Waals surface area contributed by atoms with Crippen LogP contribution >= 0.6 is 15.9 Å². The molecule has 1 aliphatic carbocycles. The molecule has 0 spiro atoms. The van der Waals surface area contributed by atoms with Crippen LogP contribution in [0.1, 0.15) is 24.8 Å². The molecule has 0 radical (unpaired) electrons. The summed E-state index contributed by atoms with van der Waals surface area (Å²) in [6.45, 7) is 2.06. The summed E-state index contributed by atoms with van der Waals surface area (Å²) >= 11 is 3.41. The summed E-state index contributed by atoms with van der Waals surface area (Å²) in [4.78, 5) is 4.36. The Balaban J connectivity index is 2.10. The molecule has 1 saturated carbocycles. The van der Waals surface area contributed by atoms with Crippen molar-refractivity contribution in [2.24, 2.45) is 5.73 Å². The van der Waals surface area contributed by atoms with E-state index in [-0.39, 0.29) is 6.04 Å². The van der Waals surface area contributed by atoms with Crippen LogP contribution < -0.4 is 11.1 Å². The van der Waals surface area contributed by atoms with Crippen molar-refractivity contribution in [2.75, 3.05) is 5.32 Å². The van der Waals surface area contributed by atoms with Gasteiger partial charge in [-0.15, -0.1) is 0 Å². The SMILES string of the molecule is Cc1cc(Br)cnc1NC1CCCC1N. The first-order valence-corrected chi connectivity index (χ1v) is 6.10. The molecule has 15 heavy (non-hydrogen) atoms. The second-order valence-corrected chi connectivity index (χ2v) is 5.08. The Morgan fingerprint density at radius 1 is 1.53 bits per heavy atom. The van der Waals surface area contributed by atoms with Gasteiger partial charge in [-0.1, -0.05) is 0 Å². The van der Waals surface area contributed by atoms with Crippen molar-refractivity contribution >= 4 is 21.7 Å². The number of hydrogen-bond acceptors (Lipinski definition) is 3. The van der Waals surface area contributed by atoms with Crippen LogP contribution in [0.2, 0.25) is 0 Å². The van der Waals surface area contributed by atoms with Crippen molar-refractivity contribution in [3.8, 4) is 0 Å². The van der Waals surface area contributed by atoms with Gasteiger partial charge < -0.3 is 11.1 Å². The lowest BCUT2D eigenvalue weighted by Crippen LogP contribution is -2.35. The van der Waals surface area contributed by atoms with Crippen LogP contribution in [0.15, 0.2) is 16.7 Å². The molecule has 3 nitrogen and oxygen atoms in total. The molecule has 0 bridgehead atoms. The maximum atomic E-state index is 6.01. The summed E-state index contributed by atoms with van der Waals surface area (Å²) in [5.41, 5.74) is 7.16. The normalized spacial score (nSPS) is 25.5. The molecular weight excluding hydrogens is 254 g/mol. The van der Waals surface area contributed by atoms with Crippen molar-refractivity contribution in [3.63, 3.8) is 0 Å². The zero-order valence-corrected chi connectivity index (χ0v) is 10.4. The Hall–Kier alpha value is -0.610. The summed E-state index contributed by atoms with van der Waals surface area (Å²) in [6.07, 6.45) is 5.30. The predicted molar refractivity (Wildman–Crippen MR) is 65.9 cm³/mol. The Morgan fingerprint density at radius 3 is 2.93 bits per heavy atom. The van der Waals surface area contributed by atoms with Crippen LogP contribution in [-0.4, -0.2) is 17.1 Å². The van der Waals surface area contributed by atoms with E-state index in [0.717, 1.165) is 28.7 Å². The Kier molecular flexibility index (Phi) is 3.26. The summed E-state index contributed by atoms with van der Waals surface area (Å²) in [7, 11) is 0. The van der Waals surface area contributed by atoms with E-state index in [1.165, 1.54) is 6.42 Å². The molecule has 0 aliphatic heterocycles. The third kappa shape index (κ3) is 2.49. The lowest BCUT2D eigenvalue weighted by Gasteiger charge is -2.19. The number of nitrogens with zero attached hydrogens (tertiary/aromatic N) is 1. The predicted octanol–water partition coefficient (Wildman–Crippen LogP) is 2.44. The first-order chi connectivity index (χ1) is 7.16. The van der Waals surface area contributed by atoms with Gasteiger partial charge in [0.25, 0.3) is 0 Å². The molecular formula is C11H16BrN3. The molecule has 1 aromatic heterocycles. The van der Waals surface area contributed by atoms with Crippen LogP contribution in [0.25, 0.3) is 0 Å². The maximum Gasteiger partial charge on any atom is 0.129 e. The molecule has 2 unspecified atom stereocenters. The number of hydrogen-bond donors (Lipinski definition) is 2. The van der Waals surface area contributed by atoms with Crippen molar-refractivity contribution in [1.29, 1.82) is 0 Å². The monoisotopic (exact) mass is 269 g/mol. The van der Waals surface area contributed by atoms with Gasteiger partial charge in [-0.25, -0.2) is 4.98 Å². The molecule has 1 fully saturated rings. The molecule has 1 aromatic rings. The maximum absolute atomic E-state index is 6.01. The highest BCUT2D eigenvalue weighted by molar-refractivity contribution is 9.10. The first kappa shape index (κ1) is 10.9. The summed E-state index contributed by atoms with van der Waals surface area (Å²) in [6, 6.07) is 2.72. The molecule has 0 amide bonds. The summed E-state index contributed by atoms with van der Waals surface area (Å²) in [5, 5.41) is 3.43. The Morgan fingerprint density at radius 2 is 2.33 bits per heavy atom. The van der Waals surface area contributed by atoms with E-state index in [2.05, 4.69) is 39.2 Å². The Labute approximate surface area is 98.6 Å². The van der Waals surface area contributed by atoms with Crippen LogP contribution in [0, 0.1) is 6.92 Å². The molecule has 4 heteroatoms. The van der Waals surface area contributed by atoms with E-state index >= 15 is 0 Å². The van der Waals surface area contributed by atoms with Gasteiger partial charge in [0.15, 0.2) is 0 Å². The van der Waals surface area contributed by atoms with Crippen LogP contribution in [-0.2, 0) is 0 Å². The lowest BCUT2D eigenvalue weighted by atomic mass is 10.2. The highest BCUT2D eigenvalue weighted by atomic mass is 79.9. The fourth-order valence-electron chi connectivity index (χ4n) is 2.04. The topological polar surface area (TPSA) is 50.9 Å². The average Bonchev–Trinajstić information content (AvgIpc) is 2.57. The largest absolute Gasteiger partial charge is 0.366 e. The number of nitrogens with two attached hydrogens (primary N) is 1. The second-order valence-electron chi connectivity index (χ2n) is 4.16. The fourth-order valence-corrected chi connectivity index (χ4v) is 2.48. The van der Waals surface area contributed by atoms with Crippen LogP contribution in [0.4, 0.5) is 5.82 Å². The van der Waals surface area contributed by atoms with Crippen molar-refractivity contribution in [2.45, 2.75) is 38.3 Å². The number of halogens is 1. The standard InChI is InChI=1S/C11H16BrN3/c1-7-5-8(12)6-14-11(7)15-10-4-2-3-9(10)13/h5-6,9-10H,2-4,13H2,1H3,(H,14,15). The molecule has 0 saturated heterocycles. The number of aryl methyl sites for hydroxylation is 1. The molecule has 0 aromatic carbocycles. The van der Waals surface area contributed by atoms with Crippen molar-refractivity contribution < 1.29 is 0 Å². The molecule has 3 N–H and O–H groups in total. The number of nitrogens with one attached hydrogen (secondary N) is 1. The summed E-state index contributed by atoms with van der Waals surface area (Å²) in [5.74, 6) is 0.959. The van der Waals surface area contributed by atoms with Gasteiger partial charge in [-0.2, -0.15) is 0 Å². The first-order valence-electron chi connectivity index (χ1n) is 5.31. The van der Waals surface area contributed by atoms with Gasteiger partial charge in [-0.3, -0.25) is 0 Å². The fraction of sp³-hybridized carbons (Fsp3) is 0.545. The van der Waals surface area contributed by atoms with E-state index in [9.17, 15) is 0 Å². The highest BCUT2D eigenvalue weighted by Gasteiger charge is 2.24. The smallest absolute Gasteiger partial charge is 0.129 e. The highest BCUT2D eigenvalue weighted by Crippen LogP contribution is 2.23. The van der Waals surface area contributed by atoms with Gasteiger partial charge in [0.2, 0.25) is 0 Å². The molecule has 82 valence electrons. The molecule has 1 aliphatic rings. The van der Waals surface area contributed by atoms with E-state index in [1.54, 1.807) is 0 Å². The van der Waals surface area contributed by atoms with Gasteiger partial charge in [0.1, 0.15) is 5.82 Å². The van der Waals surface area contributed by atoms with Crippen LogP contribution in [0.3, 0.4) is 0 Å². The minimum atomic E-state index is 0.273. The third-order valence-corrected chi connectivity index (χ3v) is 3.37. The average molecular weight is 270 g/mol. The minimum Gasteiger partial charge on any atom is -0.366 e. The Bertz CT molecular complexity index is 354. The number of pyridine rings is 1. The quantitative estimate of drug-likeness (QED) is 0.867. The molecule has 1 heterocycles. The van der Waals surface area contributed by atoms with Gasteiger partial charge in [0.05, 0.1) is 0 Å². The van der Waals surface area contributed by atoms with Crippen molar-refractivity contribution in [1.82, 2.24) is 4.98 Å². The van der Waals surface area contributed by atoms with E-state index in [0.29, 0.717) is 6.04 Å². The lowest BCUT2D eigenvalue weighted by molar-refractivity contribution is 0.635. The third-order valence-electron chi connectivity index (χ3n) is 2.94. The van der Waals surface area contributed by atoms with E-state index in [4.69, 9.17) is 5.73 Å². The zero-order valence-electron chi connectivity index (χ0n) is 8.83. The van der Waals surface area contributed by atoms with Gasteiger partial charge in [0, 0.05) is 22.8 Å². The number of anilines is 1. The van der Waals surface area contributed by atoms with Gasteiger partial charge >= 0.3 is 0 Å².